The number of halogens is 1. The van der Waals surface area contributed by atoms with Gasteiger partial charge in [-0.3, -0.25) is 10.1 Å². The van der Waals surface area contributed by atoms with Crippen LogP contribution in [-0.2, 0) is 0 Å². The maximum Gasteiger partial charge on any atom is 0.311 e. The van der Waals surface area contributed by atoms with E-state index >= 15 is 0 Å². The molecule has 0 aliphatic rings. The van der Waals surface area contributed by atoms with Crippen LogP contribution in [0.4, 0.5) is 10.1 Å². The standard InChI is InChI=1S/C14H12FNO4/c1-9(17)10-6-7-13(11(15)8-10)20-14-5-3-2-4-12(14)16(18)19/h2-9,17H,1H3. The van der Waals surface area contributed by atoms with Crippen molar-refractivity contribution in [1.29, 1.82) is 0 Å². The van der Waals surface area contributed by atoms with Crippen LogP contribution in [0.15, 0.2) is 42.5 Å². The van der Waals surface area contributed by atoms with Crippen molar-refractivity contribution in [3.8, 4) is 11.5 Å². The average molecular weight is 277 g/mol. The van der Waals surface area contributed by atoms with Crippen molar-refractivity contribution in [2.75, 3.05) is 0 Å². The first-order chi connectivity index (χ1) is 9.49. The minimum absolute atomic E-state index is 0.0406. The Balaban J connectivity index is 2.33. The van der Waals surface area contributed by atoms with E-state index in [-0.39, 0.29) is 17.2 Å². The minimum atomic E-state index is -0.801. The summed E-state index contributed by atoms with van der Waals surface area (Å²) in [5.74, 6) is -0.869. The van der Waals surface area contributed by atoms with Gasteiger partial charge in [0.25, 0.3) is 0 Å². The van der Waals surface area contributed by atoms with E-state index in [1.807, 2.05) is 0 Å². The second kappa shape index (κ2) is 5.66. The quantitative estimate of drug-likeness (QED) is 0.684. The normalized spacial score (nSPS) is 11.9. The minimum Gasteiger partial charge on any atom is -0.447 e. The van der Waals surface area contributed by atoms with Gasteiger partial charge in [-0.2, -0.15) is 0 Å². The Hall–Kier alpha value is -2.47. The van der Waals surface area contributed by atoms with Gasteiger partial charge in [0.05, 0.1) is 11.0 Å². The number of para-hydroxylation sites is 2. The number of rotatable bonds is 4. The average Bonchev–Trinajstić information content (AvgIpc) is 2.41. The third kappa shape index (κ3) is 2.92. The molecule has 6 heteroatoms. The van der Waals surface area contributed by atoms with Gasteiger partial charge in [-0.05, 0) is 30.7 Å². The van der Waals surface area contributed by atoms with Crippen molar-refractivity contribution in [3.05, 3.63) is 64.0 Å². The molecule has 1 N–H and O–H groups in total. The first-order valence-electron chi connectivity index (χ1n) is 5.88. The molecule has 0 bridgehead atoms. The fraction of sp³-hybridized carbons (Fsp3) is 0.143. The molecule has 0 heterocycles. The molecule has 1 atom stereocenters. The predicted octanol–water partition coefficient (Wildman–Crippen LogP) is 3.58. The van der Waals surface area contributed by atoms with Crippen LogP contribution < -0.4 is 4.74 Å². The van der Waals surface area contributed by atoms with Gasteiger partial charge in [-0.25, -0.2) is 4.39 Å². The van der Waals surface area contributed by atoms with Crippen molar-refractivity contribution in [1.82, 2.24) is 0 Å². The maximum atomic E-state index is 13.8. The number of benzene rings is 2. The smallest absolute Gasteiger partial charge is 0.311 e. The molecule has 0 aliphatic heterocycles. The summed E-state index contributed by atoms with van der Waals surface area (Å²) in [5, 5.41) is 20.2. The van der Waals surface area contributed by atoms with Crippen molar-refractivity contribution >= 4 is 5.69 Å². The molecule has 0 saturated heterocycles. The lowest BCUT2D eigenvalue weighted by molar-refractivity contribution is -0.385. The summed E-state index contributed by atoms with van der Waals surface area (Å²) in [6, 6.07) is 9.68. The van der Waals surface area contributed by atoms with E-state index in [9.17, 15) is 19.6 Å². The van der Waals surface area contributed by atoms with Crippen LogP contribution in [-0.4, -0.2) is 10.0 Å². The van der Waals surface area contributed by atoms with Crippen molar-refractivity contribution in [2.45, 2.75) is 13.0 Å². The monoisotopic (exact) mass is 277 g/mol. The summed E-state index contributed by atoms with van der Waals surface area (Å²) in [5.41, 5.74) is 0.156. The third-order valence-corrected chi connectivity index (χ3v) is 2.72. The summed E-state index contributed by atoms with van der Waals surface area (Å²) in [6.45, 7) is 1.51. The van der Waals surface area contributed by atoms with Gasteiger partial charge in [0, 0.05) is 6.07 Å². The SMILES string of the molecule is CC(O)c1ccc(Oc2ccccc2[N+](=O)[O-])c(F)c1. The topological polar surface area (TPSA) is 72.6 Å². The van der Waals surface area contributed by atoms with Gasteiger partial charge in [-0.1, -0.05) is 18.2 Å². The fourth-order valence-corrected chi connectivity index (χ4v) is 1.67. The molecule has 2 aromatic carbocycles. The highest BCUT2D eigenvalue weighted by Crippen LogP contribution is 2.32. The van der Waals surface area contributed by atoms with Crippen LogP contribution in [0.25, 0.3) is 0 Å². The molecule has 104 valence electrons. The Morgan fingerprint density at radius 2 is 1.95 bits per heavy atom. The molecule has 0 spiro atoms. The molecule has 1 unspecified atom stereocenters. The number of aliphatic hydroxyl groups is 1. The largest absolute Gasteiger partial charge is 0.447 e. The van der Waals surface area contributed by atoms with Gasteiger partial charge in [0.1, 0.15) is 0 Å². The van der Waals surface area contributed by atoms with Gasteiger partial charge in [-0.15, -0.1) is 0 Å². The van der Waals surface area contributed by atoms with Crippen molar-refractivity contribution in [3.63, 3.8) is 0 Å². The maximum absolute atomic E-state index is 13.8. The van der Waals surface area contributed by atoms with Crippen LogP contribution >= 0.6 is 0 Å². The molecular weight excluding hydrogens is 265 g/mol. The second-order valence-corrected chi connectivity index (χ2v) is 4.19. The highest BCUT2D eigenvalue weighted by atomic mass is 19.1. The number of nitro benzene ring substituents is 1. The molecule has 20 heavy (non-hydrogen) atoms. The summed E-state index contributed by atoms with van der Waals surface area (Å²) in [6.07, 6.45) is -0.801. The molecule has 0 aliphatic carbocycles. The Morgan fingerprint density at radius 3 is 2.55 bits per heavy atom. The van der Waals surface area contributed by atoms with E-state index in [4.69, 9.17) is 4.74 Å². The lowest BCUT2D eigenvalue weighted by atomic mass is 10.1. The van der Waals surface area contributed by atoms with Gasteiger partial charge >= 0.3 is 5.69 Å². The van der Waals surface area contributed by atoms with Crippen molar-refractivity contribution in [2.24, 2.45) is 0 Å². The first kappa shape index (κ1) is 14.0. The lowest BCUT2D eigenvalue weighted by Gasteiger charge is -2.09. The van der Waals surface area contributed by atoms with E-state index < -0.39 is 16.8 Å². The molecule has 2 aromatic rings. The fourth-order valence-electron chi connectivity index (χ4n) is 1.67. The van der Waals surface area contributed by atoms with E-state index in [0.29, 0.717) is 5.56 Å². The molecule has 5 nitrogen and oxygen atoms in total. The van der Waals surface area contributed by atoms with E-state index in [1.165, 1.54) is 37.3 Å². The van der Waals surface area contributed by atoms with Crippen molar-refractivity contribution < 1.29 is 19.2 Å². The van der Waals surface area contributed by atoms with Gasteiger partial charge in [0.15, 0.2) is 11.6 Å². The summed E-state index contributed by atoms with van der Waals surface area (Å²) >= 11 is 0. The number of ether oxygens (including phenoxy) is 1. The summed E-state index contributed by atoms with van der Waals surface area (Å²) in [4.78, 5) is 10.2. The van der Waals surface area contributed by atoms with Crippen LogP contribution in [0, 0.1) is 15.9 Å². The van der Waals surface area contributed by atoms with E-state index in [1.54, 1.807) is 6.07 Å². The van der Waals surface area contributed by atoms with Crippen LogP contribution in [0.1, 0.15) is 18.6 Å². The Labute approximate surface area is 114 Å². The van der Waals surface area contributed by atoms with Crippen LogP contribution in [0.5, 0.6) is 11.5 Å². The second-order valence-electron chi connectivity index (χ2n) is 4.19. The Kier molecular flexibility index (Phi) is 3.95. The van der Waals surface area contributed by atoms with Crippen LogP contribution in [0.2, 0.25) is 0 Å². The molecule has 2 rings (SSSR count). The summed E-state index contributed by atoms with van der Waals surface area (Å²) in [7, 11) is 0. The van der Waals surface area contributed by atoms with Crippen LogP contribution in [0.3, 0.4) is 0 Å². The molecular formula is C14H12FNO4. The first-order valence-corrected chi connectivity index (χ1v) is 5.88. The third-order valence-electron chi connectivity index (χ3n) is 2.72. The summed E-state index contributed by atoms with van der Waals surface area (Å²) < 4.78 is 19.1. The highest BCUT2D eigenvalue weighted by molar-refractivity contribution is 5.48. The molecule has 0 radical (unpaired) electrons. The Bertz CT molecular complexity index is 643. The number of nitro groups is 1. The molecule has 0 amide bonds. The zero-order valence-electron chi connectivity index (χ0n) is 10.6. The zero-order chi connectivity index (χ0) is 14.7. The van der Waals surface area contributed by atoms with E-state index in [0.717, 1.165) is 6.07 Å². The molecule has 0 saturated carbocycles. The highest BCUT2D eigenvalue weighted by Gasteiger charge is 2.16. The molecule has 0 aromatic heterocycles. The number of nitrogens with zero attached hydrogens (tertiary/aromatic N) is 1. The number of hydrogen-bond acceptors (Lipinski definition) is 4. The number of aliphatic hydroxyl groups excluding tert-OH is 1. The molecule has 0 fully saturated rings. The predicted molar refractivity (Wildman–Crippen MR) is 70.2 cm³/mol. The zero-order valence-corrected chi connectivity index (χ0v) is 10.6. The van der Waals surface area contributed by atoms with Gasteiger partial charge < -0.3 is 9.84 Å². The van der Waals surface area contributed by atoms with Gasteiger partial charge in [0.2, 0.25) is 5.75 Å². The van der Waals surface area contributed by atoms with E-state index in [2.05, 4.69) is 0 Å². The number of hydrogen-bond donors (Lipinski definition) is 1. The lowest BCUT2D eigenvalue weighted by Crippen LogP contribution is -1.96. The Morgan fingerprint density at radius 1 is 1.25 bits per heavy atom.